The maximum atomic E-state index is 11.9. The highest BCUT2D eigenvalue weighted by atomic mass is 16.1. The zero-order valence-corrected chi connectivity index (χ0v) is 11.2. The molecule has 2 rings (SSSR count). The van der Waals surface area contributed by atoms with Crippen molar-refractivity contribution < 1.29 is 4.79 Å². The number of carbonyl (C=O) groups is 1. The largest absolute Gasteiger partial charge is 0.326 e. The maximum Gasteiger partial charge on any atom is 0.224 e. The van der Waals surface area contributed by atoms with Gasteiger partial charge in [-0.1, -0.05) is 51.1 Å². The van der Waals surface area contributed by atoms with Crippen LogP contribution in [0.15, 0.2) is 42.5 Å². The summed E-state index contributed by atoms with van der Waals surface area (Å²) in [6, 6.07) is 14.1. The lowest BCUT2D eigenvalue weighted by Crippen LogP contribution is -2.19. The van der Waals surface area contributed by atoms with Gasteiger partial charge in [-0.25, -0.2) is 0 Å². The van der Waals surface area contributed by atoms with E-state index in [1.807, 2.05) is 30.3 Å². The lowest BCUT2D eigenvalue weighted by atomic mass is 9.92. The van der Waals surface area contributed by atoms with Crippen molar-refractivity contribution in [1.29, 1.82) is 0 Å². The number of benzene rings is 2. The van der Waals surface area contributed by atoms with Gasteiger partial charge in [-0.05, 0) is 28.3 Å². The van der Waals surface area contributed by atoms with E-state index in [4.69, 9.17) is 0 Å². The van der Waals surface area contributed by atoms with Gasteiger partial charge in [0.15, 0.2) is 0 Å². The van der Waals surface area contributed by atoms with Crippen molar-refractivity contribution in [3.05, 3.63) is 42.5 Å². The molecule has 0 fully saturated rings. The van der Waals surface area contributed by atoms with Gasteiger partial charge in [0.05, 0.1) is 0 Å². The van der Waals surface area contributed by atoms with Gasteiger partial charge in [-0.15, -0.1) is 0 Å². The van der Waals surface area contributed by atoms with Crippen molar-refractivity contribution in [2.24, 2.45) is 5.41 Å². The van der Waals surface area contributed by atoms with E-state index in [-0.39, 0.29) is 11.3 Å². The summed E-state index contributed by atoms with van der Waals surface area (Å²) in [5, 5.41) is 5.28. The molecular formula is C16H19NO. The number of hydrogen-bond donors (Lipinski definition) is 1. The summed E-state index contributed by atoms with van der Waals surface area (Å²) < 4.78 is 0. The molecule has 0 aliphatic heterocycles. The molecule has 0 heterocycles. The molecule has 0 aliphatic rings. The van der Waals surface area contributed by atoms with Crippen molar-refractivity contribution in [3.63, 3.8) is 0 Å². The van der Waals surface area contributed by atoms with Crippen molar-refractivity contribution in [1.82, 2.24) is 0 Å². The Morgan fingerprint density at radius 1 is 1.06 bits per heavy atom. The number of carbonyl (C=O) groups excluding carboxylic acids is 1. The first-order chi connectivity index (χ1) is 8.44. The van der Waals surface area contributed by atoms with E-state index in [0.717, 1.165) is 11.1 Å². The maximum absolute atomic E-state index is 11.9. The Morgan fingerprint density at radius 2 is 1.72 bits per heavy atom. The standard InChI is InChI=1S/C16H19NO/c1-16(2,3)11-15(18)17-14-9-8-12-6-4-5-7-13(12)10-14/h4-10H,11H2,1-3H3,(H,17,18). The molecule has 0 atom stereocenters. The molecule has 0 radical (unpaired) electrons. The molecule has 2 nitrogen and oxygen atoms in total. The third-order valence-electron chi connectivity index (χ3n) is 2.72. The Kier molecular flexibility index (Phi) is 3.37. The topological polar surface area (TPSA) is 29.1 Å². The van der Waals surface area contributed by atoms with E-state index in [1.54, 1.807) is 0 Å². The van der Waals surface area contributed by atoms with Crippen LogP contribution in [-0.4, -0.2) is 5.91 Å². The van der Waals surface area contributed by atoms with E-state index < -0.39 is 0 Å². The molecule has 0 spiro atoms. The molecule has 0 saturated carbocycles. The molecule has 1 amide bonds. The summed E-state index contributed by atoms with van der Waals surface area (Å²) in [6.45, 7) is 6.19. The number of anilines is 1. The van der Waals surface area contributed by atoms with Crippen LogP contribution in [0.1, 0.15) is 27.2 Å². The van der Waals surface area contributed by atoms with Crippen LogP contribution in [0.4, 0.5) is 5.69 Å². The average molecular weight is 241 g/mol. The minimum Gasteiger partial charge on any atom is -0.326 e. The van der Waals surface area contributed by atoms with Gasteiger partial charge in [0.2, 0.25) is 5.91 Å². The van der Waals surface area contributed by atoms with Gasteiger partial charge in [0.25, 0.3) is 0 Å². The summed E-state index contributed by atoms with van der Waals surface area (Å²) in [6.07, 6.45) is 0.528. The first-order valence-corrected chi connectivity index (χ1v) is 6.23. The lowest BCUT2D eigenvalue weighted by Gasteiger charge is -2.17. The van der Waals surface area contributed by atoms with E-state index in [9.17, 15) is 4.79 Å². The van der Waals surface area contributed by atoms with Crippen LogP contribution in [0.3, 0.4) is 0 Å². The van der Waals surface area contributed by atoms with E-state index in [0.29, 0.717) is 6.42 Å². The number of rotatable bonds is 2. The Labute approximate surface area is 108 Å². The minimum absolute atomic E-state index is 0.0148. The van der Waals surface area contributed by atoms with Crippen LogP contribution in [-0.2, 0) is 4.79 Å². The zero-order valence-electron chi connectivity index (χ0n) is 11.2. The summed E-state index contributed by atoms with van der Waals surface area (Å²) in [4.78, 5) is 11.9. The molecule has 0 saturated heterocycles. The van der Waals surface area contributed by atoms with E-state index in [2.05, 4.69) is 38.2 Å². The number of fused-ring (bicyclic) bond motifs is 1. The number of nitrogens with one attached hydrogen (secondary N) is 1. The highest BCUT2D eigenvalue weighted by Crippen LogP contribution is 2.22. The van der Waals surface area contributed by atoms with Crippen LogP contribution in [0.2, 0.25) is 0 Å². The number of amides is 1. The normalized spacial score (nSPS) is 11.5. The van der Waals surface area contributed by atoms with Crippen molar-refractivity contribution in [2.75, 3.05) is 5.32 Å². The monoisotopic (exact) mass is 241 g/mol. The third-order valence-corrected chi connectivity index (χ3v) is 2.72. The SMILES string of the molecule is CC(C)(C)CC(=O)Nc1ccc2ccccc2c1. The highest BCUT2D eigenvalue weighted by Gasteiger charge is 2.15. The van der Waals surface area contributed by atoms with E-state index in [1.165, 1.54) is 5.39 Å². The quantitative estimate of drug-likeness (QED) is 0.838. The minimum atomic E-state index is 0.0148. The van der Waals surface area contributed by atoms with Gasteiger partial charge in [0, 0.05) is 12.1 Å². The number of hydrogen-bond acceptors (Lipinski definition) is 1. The molecule has 18 heavy (non-hydrogen) atoms. The molecule has 2 aromatic carbocycles. The van der Waals surface area contributed by atoms with Crippen LogP contribution >= 0.6 is 0 Å². The van der Waals surface area contributed by atoms with Gasteiger partial charge in [-0.2, -0.15) is 0 Å². The fourth-order valence-corrected chi connectivity index (χ4v) is 1.95. The first kappa shape index (κ1) is 12.6. The molecule has 0 aromatic heterocycles. The van der Waals surface area contributed by atoms with Crippen LogP contribution < -0.4 is 5.32 Å². The average Bonchev–Trinajstić information content (AvgIpc) is 2.26. The highest BCUT2D eigenvalue weighted by molar-refractivity contribution is 5.94. The molecule has 1 N–H and O–H groups in total. The summed E-state index contributed by atoms with van der Waals surface area (Å²) >= 11 is 0. The van der Waals surface area contributed by atoms with Crippen LogP contribution in [0.25, 0.3) is 10.8 Å². The molecule has 0 aliphatic carbocycles. The van der Waals surface area contributed by atoms with Gasteiger partial charge >= 0.3 is 0 Å². The first-order valence-electron chi connectivity index (χ1n) is 6.23. The predicted octanol–water partition coefficient (Wildman–Crippen LogP) is 4.21. The molecule has 2 aromatic rings. The fraction of sp³-hybridized carbons (Fsp3) is 0.312. The summed E-state index contributed by atoms with van der Waals surface area (Å²) in [5.41, 5.74) is 0.879. The van der Waals surface area contributed by atoms with Crippen molar-refractivity contribution in [3.8, 4) is 0 Å². The molecular weight excluding hydrogens is 222 g/mol. The smallest absolute Gasteiger partial charge is 0.224 e. The lowest BCUT2D eigenvalue weighted by molar-refractivity contribution is -0.117. The molecule has 0 bridgehead atoms. The third kappa shape index (κ3) is 3.33. The Morgan fingerprint density at radius 3 is 2.39 bits per heavy atom. The Hall–Kier alpha value is -1.83. The second-order valence-electron chi connectivity index (χ2n) is 5.85. The molecule has 94 valence electrons. The van der Waals surface area contributed by atoms with Crippen LogP contribution in [0.5, 0.6) is 0 Å². The fourth-order valence-electron chi connectivity index (χ4n) is 1.95. The van der Waals surface area contributed by atoms with Gasteiger partial charge in [0.1, 0.15) is 0 Å². The second kappa shape index (κ2) is 4.81. The molecule has 2 heteroatoms. The second-order valence-corrected chi connectivity index (χ2v) is 5.85. The Bertz CT molecular complexity index is 567. The molecule has 0 unspecified atom stereocenters. The van der Waals surface area contributed by atoms with Crippen LogP contribution in [0, 0.1) is 5.41 Å². The predicted molar refractivity (Wildman–Crippen MR) is 76.6 cm³/mol. The summed E-state index contributed by atoms with van der Waals surface area (Å²) in [5.74, 6) is 0.0674. The van der Waals surface area contributed by atoms with Gasteiger partial charge < -0.3 is 5.32 Å². The van der Waals surface area contributed by atoms with Gasteiger partial charge in [-0.3, -0.25) is 4.79 Å². The van der Waals surface area contributed by atoms with E-state index >= 15 is 0 Å². The zero-order chi connectivity index (χ0) is 13.2. The van der Waals surface area contributed by atoms with Crippen molar-refractivity contribution >= 4 is 22.4 Å². The summed E-state index contributed by atoms with van der Waals surface area (Å²) in [7, 11) is 0. The van der Waals surface area contributed by atoms with Crippen molar-refractivity contribution in [2.45, 2.75) is 27.2 Å². The Balaban J connectivity index is 2.15.